The Hall–Kier alpha value is -2.84. The van der Waals surface area contributed by atoms with E-state index in [1.165, 1.54) is 65.8 Å². The number of amidine groups is 1. The quantitative estimate of drug-likeness (QED) is 0.722. The van der Waals surface area contributed by atoms with E-state index in [9.17, 15) is 4.39 Å². The first-order chi connectivity index (χ1) is 13.3. The third kappa shape index (κ3) is 3.17. The molecule has 136 valence electrons. The molecule has 0 aromatic heterocycles. The lowest BCUT2D eigenvalue weighted by Gasteiger charge is -2.19. The van der Waals surface area contributed by atoms with Gasteiger partial charge < -0.3 is 5.32 Å². The van der Waals surface area contributed by atoms with E-state index in [2.05, 4.69) is 39.1 Å². The minimum atomic E-state index is -0.285. The number of hydrogen-bond donors (Lipinski definition) is 3. The van der Waals surface area contributed by atoms with Crippen molar-refractivity contribution in [3.8, 4) is 11.8 Å². The highest BCUT2D eigenvalue weighted by Gasteiger charge is 2.26. The first-order valence-electron chi connectivity index (χ1n) is 9.56. The number of aryl methyl sites for hydroxylation is 2. The van der Waals surface area contributed by atoms with Crippen LogP contribution >= 0.6 is 0 Å². The summed E-state index contributed by atoms with van der Waals surface area (Å²) in [6.45, 7) is 0. The van der Waals surface area contributed by atoms with E-state index in [4.69, 9.17) is 0 Å². The second-order valence-electron chi connectivity index (χ2n) is 7.29. The molecule has 0 radical (unpaired) electrons. The maximum atomic E-state index is 13.3. The van der Waals surface area contributed by atoms with Crippen molar-refractivity contribution in [2.24, 2.45) is 4.99 Å². The largest absolute Gasteiger partial charge is 0.350 e. The molecule has 1 unspecified atom stereocenters. The molecular weight excluding hydrogens is 339 g/mol. The fourth-order valence-corrected chi connectivity index (χ4v) is 4.29. The molecule has 3 aliphatic rings. The molecule has 5 heteroatoms. The van der Waals surface area contributed by atoms with Crippen molar-refractivity contribution >= 4 is 11.5 Å². The molecule has 0 bridgehead atoms. The van der Waals surface area contributed by atoms with Crippen LogP contribution in [0, 0.1) is 17.7 Å². The zero-order valence-corrected chi connectivity index (χ0v) is 15.0. The summed E-state index contributed by atoms with van der Waals surface area (Å²) in [6.07, 6.45) is 6.86. The maximum absolute atomic E-state index is 13.3. The molecular formula is C22H21FN4. The van der Waals surface area contributed by atoms with E-state index in [0.717, 1.165) is 12.8 Å². The minimum Gasteiger partial charge on any atom is -0.350 e. The highest BCUT2D eigenvalue weighted by Crippen LogP contribution is 2.38. The second-order valence-corrected chi connectivity index (χ2v) is 7.29. The molecule has 2 aliphatic carbocycles. The average Bonchev–Trinajstić information content (AvgIpc) is 3.40. The molecule has 1 aliphatic heterocycles. The fourth-order valence-electron chi connectivity index (χ4n) is 4.29. The number of hydrogen-bond acceptors (Lipinski definition) is 4. The van der Waals surface area contributed by atoms with E-state index in [-0.39, 0.29) is 12.1 Å². The SMILES string of the molecule is Fc1cccc(C#CC2=NC(Nc3c4c(cc5c3CCC5)CCC4)NN2)c1. The summed E-state index contributed by atoms with van der Waals surface area (Å²) >= 11 is 0. The standard InChI is InChI=1S/C22H21FN4/c23-17-7-1-4-14(12-17)10-11-20-24-22(27-26-20)25-21-18-8-2-5-15(18)13-16-6-3-9-19(16)21/h1,4,7,12-13,22,25,27H,2-3,5-6,8-9H2,(H,24,26). The first kappa shape index (κ1) is 16.3. The number of rotatable bonds is 2. The van der Waals surface area contributed by atoms with E-state index in [1.807, 2.05) is 0 Å². The number of benzene rings is 2. The Labute approximate surface area is 158 Å². The van der Waals surface area contributed by atoms with Gasteiger partial charge in [0.25, 0.3) is 0 Å². The topological polar surface area (TPSA) is 48.5 Å². The van der Waals surface area contributed by atoms with Crippen LogP contribution in [-0.4, -0.2) is 12.1 Å². The van der Waals surface area contributed by atoms with Crippen LogP contribution in [0.1, 0.15) is 40.7 Å². The first-order valence-corrected chi connectivity index (χ1v) is 9.56. The van der Waals surface area contributed by atoms with Crippen molar-refractivity contribution < 1.29 is 4.39 Å². The maximum Gasteiger partial charge on any atom is 0.193 e. The molecule has 1 atom stereocenters. The van der Waals surface area contributed by atoms with Gasteiger partial charge >= 0.3 is 0 Å². The van der Waals surface area contributed by atoms with Gasteiger partial charge in [0, 0.05) is 11.3 Å². The van der Waals surface area contributed by atoms with Crippen molar-refractivity contribution in [3.05, 3.63) is 64.0 Å². The molecule has 27 heavy (non-hydrogen) atoms. The third-order valence-electron chi connectivity index (χ3n) is 5.49. The summed E-state index contributed by atoms with van der Waals surface area (Å²) in [7, 11) is 0. The molecule has 0 saturated carbocycles. The van der Waals surface area contributed by atoms with Crippen molar-refractivity contribution in [3.63, 3.8) is 0 Å². The number of hydrazine groups is 1. The van der Waals surface area contributed by atoms with E-state index in [1.54, 1.807) is 12.1 Å². The Morgan fingerprint density at radius 3 is 2.52 bits per heavy atom. The monoisotopic (exact) mass is 360 g/mol. The molecule has 0 fully saturated rings. The van der Waals surface area contributed by atoms with Crippen molar-refractivity contribution in [1.29, 1.82) is 0 Å². The van der Waals surface area contributed by atoms with E-state index < -0.39 is 0 Å². The zero-order valence-electron chi connectivity index (χ0n) is 15.0. The van der Waals surface area contributed by atoms with Gasteiger partial charge in [0.2, 0.25) is 0 Å². The molecule has 0 amide bonds. The van der Waals surface area contributed by atoms with Crippen LogP contribution in [0.2, 0.25) is 0 Å². The average molecular weight is 360 g/mol. The summed E-state index contributed by atoms with van der Waals surface area (Å²) in [5.41, 5.74) is 14.0. The smallest absolute Gasteiger partial charge is 0.193 e. The van der Waals surface area contributed by atoms with Gasteiger partial charge in [-0.15, -0.1) is 0 Å². The van der Waals surface area contributed by atoms with Crippen molar-refractivity contribution in [2.75, 3.05) is 5.32 Å². The molecule has 0 spiro atoms. The Kier molecular flexibility index (Phi) is 4.06. The molecule has 3 N–H and O–H groups in total. The fraction of sp³-hybridized carbons (Fsp3) is 0.318. The predicted molar refractivity (Wildman–Crippen MR) is 105 cm³/mol. The van der Waals surface area contributed by atoms with Gasteiger partial charge in [-0.1, -0.05) is 18.1 Å². The Balaban J connectivity index is 1.38. The summed E-state index contributed by atoms with van der Waals surface area (Å²) in [6, 6.07) is 8.69. The highest BCUT2D eigenvalue weighted by atomic mass is 19.1. The molecule has 1 heterocycles. The summed E-state index contributed by atoms with van der Waals surface area (Å²) < 4.78 is 13.3. The summed E-state index contributed by atoms with van der Waals surface area (Å²) in [5, 5.41) is 3.59. The number of anilines is 1. The lowest BCUT2D eigenvalue weighted by atomic mass is 9.99. The van der Waals surface area contributed by atoms with Crippen LogP contribution in [0.5, 0.6) is 0 Å². The Bertz CT molecular complexity index is 967. The van der Waals surface area contributed by atoms with Crippen LogP contribution in [0.3, 0.4) is 0 Å². The lowest BCUT2D eigenvalue weighted by Crippen LogP contribution is -2.39. The second kappa shape index (κ2) is 6.71. The van der Waals surface area contributed by atoms with Gasteiger partial charge in [0.1, 0.15) is 5.82 Å². The van der Waals surface area contributed by atoms with E-state index in [0.29, 0.717) is 11.4 Å². The van der Waals surface area contributed by atoms with Gasteiger partial charge in [-0.05, 0) is 84.9 Å². The lowest BCUT2D eigenvalue weighted by molar-refractivity contribution is 0.600. The van der Waals surface area contributed by atoms with E-state index >= 15 is 0 Å². The van der Waals surface area contributed by atoms with Gasteiger partial charge in [0.05, 0.1) is 0 Å². The molecule has 2 aromatic rings. The Morgan fingerprint density at radius 2 is 1.78 bits per heavy atom. The molecule has 0 saturated heterocycles. The number of fused-ring (bicyclic) bond motifs is 2. The van der Waals surface area contributed by atoms with Gasteiger partial charge in [-0.2, -0.15) is 5.43 Å². The summed E-state index contributed by atoms with van der Waals surface area (Å²) in [4.78, 5) is 4.59. The van der Waals surface area contributed by atoms with Crippen LogP contribution in [-0.2, 0) is 25.7 Å². The Morgan fingerprint density at radius 1 is 1.00 bits per heavy atom. The van der Waals surface area contributed by atoms with Crippen LogP contribution < -0.4 is 16.2 Å². The van der Waals surface area contributed by atoms with Gasteiger partial charge in [-0.25, -0.2) is 9.38 Å². The van der Waals surface area contributed by atoms with Crippen LogP contribution in [0.15, 0.2) is 35.3 Å². The van der Waals surface area contributed by atoms with Gasteiger partial charge in [-0.3, -0.25) is 5.43 Å². The third-order valence-corrected chi connectivity index (χ3v) is 5.49. The van der Waals surface area contributed by atoms with Crippen molar-refractivity contribution in [2.45, 2.75) is 44.8 Å². The molecule has 4 nitrogen and oxygen atoms in total. The number of aliphatic imine (C=N–C) groups is 1. The molecule has 5 rings (SSSR count). The highest BCUT2D eigenvalue weighted by molar-refractivity contribution is 5.99. The van der Waals surface area contributed by atoms with Crippen molar-refractivity contribution in [1.82, 2.24) is 10.9 Å². The molecule has 2 aromatic carbocycles. The predicted octanol–water partition coefficient (Wildman–Crippen LogP) is 3.06. The number of halogens is 1. The summed E-state index contributed by atoms with van der Waals surface area (Å²) in [5.74, 6) is 6.18. The zero-order chi connectivity index (χ0) is 18.2. The van der Waals surface area contributed by atoms with Crippen LogP contribution in [0.4, 0.5) is 10.1 Å². The number of nitrogens with zero attached hydrogens (tertiary/aromatic N) is 1. The number of nitrogens with one attached hydrogen (secondary N) is 3. The van der Waals surface area contributed by atoms with Gasteiger partial charge in [0.15, 0.2) is 12.1 Å². The van der Waals surface area contributed by atoms with Crippen LogP contribution in [0.25, 0.3) is 0 Å². The normalized spacial score (nSPS) is 19.6. The minimum absolute atomic E-state index is 0.251.